The van der Waals surface area contributed by atoms with Gasteiger partial charge in [-0.25, -0.2) is 8.42 Å². The van der Waals surface area contributed by atoms with Gasteiger partial charge >= 0.3 is 0 Å². The molecule has 0 radical (unpaired) electrons. The zero-order chi connectivity index (χ0) is 16.2. The van der Waals surface area contributed by atoms with E-state index in [0.29, 0.717) is 10.6 Å². The zero-order valence-corrected chi connectivity index (χ0v) is 13.3. The summed E-state index contributed by atoms with van der Waals surface area (Å²) in [7, 11) is -2.03. The van der Waals surface area contributed by atoms with Crippen molar-refractivity contribution >= 4 is 27.3 Å². The molecule has 0 spiro atoms. The van der Waals surface area contributed by atoms with Crippen LogP contribution in [0.15, 0.2) is 28.8 Å². The van der Waals surface area contributed by atoms with E-state index in [1.54, 1.807) is 24.3 Å². The number of rotatable bonds is 6. The third kappa shape index (κ3) is 4.54. The van der Waals surface area contributed by atoms with E-state index in [4.69, 9.17) is 16.1 Å². The van der Waals surface area contributed by atoms with Crippen LogP contribution in [0.4, 0.5) is 0 Å². The predicted octanol–water partition coefficient (Wildman–Crippen LogP) is 1.44. The van der Waals surface area contributed by atoms with Crippen molar-refractivity contribution in [3.63, 3.8) is 0 Å². The number of benzene rings is 1. The molecule has 9 heteroatoms. The number of hydrogen-bond donors (Lipinski definition) is 1. The Morgan fingerprint density at radius 2 is 2.00 bits per heavy atom. The first-order valence-corrected chi connectivity index (χ1v) is 8.59. The van der Waals surface area contributed by atoms with Crippen LogP contribution in [0.3, 0.4) is 0 Å². The Labute approximate surface area is 132 Å². The van der Waals surface area contributed by atoms with Crippen LogP contribution < -0.4 is 5.32 Å². The molecule has 0 aliphatic carbocycles. The highest BCUT2D eigenvalue weighted by molar-refractivity contribution is 7.90. The fourth-order valence-electron chi connectivity index (χ4n) is 1.66. The van der Waals surface area contributed by atoms with Gasteiger partial charge in [-0.1, -0.05) is 16.8 Å². The number of carbonyl (C=O) groups excluding carboxylic acids is 1. The Hall–Kier alpha value is -1.93. The van der Waals surface area contributed by atoms with Gasteiger partial charge in [-0.2, -0.15) is 4.98 Å². The van der Waals surface area contributed by atoms with E-state index in [-0.39, 0.29) is 35.5 Å². The lowest BCUT2D eigenvalue weighted by Gasteiger charge is -2.00. The van der Waals surface area contributed by atoms with Gasteiger partial charge < -0.3 is 9.84 Å². The van der Waals surface area contributed by atoms with Crippen molar-refractivity contribution in [2.45, 2.75) is 12.2 Å². The van der Waals surface area contributed by atoms with Gasteiger partial charge in [0.25, 0.3) is 5.89 Å². The highest BCUT2D eigenvalue weighted by Gasteiger charge is 2.18. The Bertz CT molecular complexity index is 756. The lowest BCUT2D eigenvalue weighted by molar-refractivity contribution is -0.120. The molecule has 0 saturated carbocycles. The van der Waals surface area contributed by atoms with Crippen LogP contribution in [0.25, 0.3) is 11.5 Å². The number of nitrogens with zero attached hydrogens (tertiary/aromatic N) is 2. The maximum absolute atomic E-state index is 11.9. The first-order valence-electron chi connectivity index (χ1n) is 6.39. The standard InChI is InChI=1S/C13H14ClN3O4S/c1-15-12(18)6-7-22(19,20)8-11-16-13(21-17-11)9-2-4-10(14)5-3-9/h2-5H,6-8H2,1H3,(H,15,18). The molecule has 0 saturated heterocycles. The average molecular weight is 344 g/mol. The molecule has 7 nitrogen and oxygen atoms in total. The average Bonchev–Trinajstić information content (AvgIpc) is 2.93. The summed E-state index contributed by atoms with van der Waals surface area (Å²) in [5.41, 5.74) is 0.644. The molecule has 2 aromatic rings. The molecular weight excluding hydrogens is 330 g/mol. The minimum Gasteiger partial charge on any atom is -0.359 e. The van der Waals surface area contributed by atoms with Crippen LogP contribution >= 0.6 is 11.6 Å². The van der Waals surface area contributed by atoms with Gasteiger partial charge in [0.05, 0.1) is 5.75 Å². The molecule has 1 aromatic heterocycles. The first kappa shape index (κ1) is 16.4. The van der Waals surface area contributed by atoms with Crippen molar-refractivity contribution in [2.24, 2.45) is 0 Å². The number of carbonyl (C=O) groups is 1. The number of sulfone groups is 1. The molecule has 0 fully saturated rings. The number of amides is 1. The minimum atomic E-state index is -3.48. The molecule has 1 amide bonds. The van der Waals surface area contributed by atoms with Gasteiger partial charge in [-0.15, -0.1) is 0 Å². The van der Waals surface area contributed by atoms with Crippen molar-refractivity contribution in [1.82, 2.24) is 15.5 Å². The normalized spacial score (nSPS) is 11.4. The molecule has 0 bridgehead atoms. The summed E-state index contributed by atoms with van der Waals surface area (Å²) in [6.45, 7) is 0. The van der Waals surface area contributed by atoms with E-state index in [2.05, 4.69) is 15.5 Å². The molecule has 0 aliphatic rings. The molecule has 0 atom stereocenters. The van der Waals surface area contributed by atoms with E-state index < -0.39 is 9.84 Å². The third-order valence-corrected chi connectivity index (χ3v) is 4.60. The Kier molecular flexibility index (Phi) is 5.15. The largest absolute Gasteiger partial charge is 0.359 e. The fourth-order valence-corrected chi connectivity index (χ4v) is 2.94. The van der Waals surface area contributed by atoms with Crippen LogP contribution in [-0.4, -0.2) is 37.3 Å². The summed E-state index contributed by atoms with van der Waals surface area (Å²) >= 11 is 5.79. The van der Waals surface area contributed by atoms with Crippen molar-refractivity contribution in [1.29, 1.82) is 0 Å². The molecule has 1 aromatic carbocycles. The third-order valence-electron chi connectivity index (χ3n) is 2.83. The summed E-state index contributed by atoms with van der Waals surface area (Å²) in [6.07, 6.45) is -0.0965. The van der Waals surface area contributed by atoms with Gasteiger partial charge in [0.2, 0.25) is 5.91 Å². The van der Waals surface area contributed by atoms with Crippen LogP contribution in [0, 0.1) is 0 Å². The van der Waals surface area contributed by atoms with Crippen molar-refractivity contribution in [2.75, 3.05) is 12.8 Å². The van der Waals surface area contributed by atoms with Gasteiger partial charge in [0.15, 0.2) is 15.7 Å². The monoisotopic (exact) mass is 343 g/mol. The lowest BCUT2D eigenvalue weighted by atomic mass is 10.2. The molecule has 22 heavy (non-hydrogen) atoms. The number of nitrogens with one attached hydrogen (secondary N) is 1. The summed E-state index contributed by atoms with van der Waals surface area (Å²) in [5.74, 6) is -0.702. The molecule has 1 N–H and O–H groups in total. The van der Waals surface area contributed by atoms with Crippen molar-refractivity contribution in [3.05, 3.63) is 35.1 Å². The van der Waals surface area contributed by atoms with Crippen molar-refractivity contribution in [3.8, 4) is 11.5 Å². The Morgan fingerprint density at radius 1 is 1.32 bits per heavy atom. The maximum atomic E-state index is 11.9. The van der Waals surface area contributed by atoms with Crippen LogP contribution in [0.1, 0.15) is 12.2 Å². The van der Waals surface area contributed by atoms with E-state index >= 15 is 0 Å². The van der Waals surface area contributed by atoms with Crippen LogP contribution in [0.5, 0.6) is 0 Å². The Morgan fingerprint density at radius 3 is 2.64 bits per heavy atom. The number of halogens is 1. The Balaban J connectivity index is 2.05. The lowest BCUT2D eigenvalue weighted by Crippen LogP contribution is -2.22. The summed E-state index contributed by atoms with van der Waals surface area (Å²) in [5, 5.41) is 6.59. The van der Waals surface area contributed by atoms with Crippen LogP contribution in [0.2, 0.25) is 5.02 Å². The minimum absolute atomic E-state index is 0.0573. The van der Waals surface area contributed by atoms with Gasteiger partial charge in [0, 0.05) is 24.1 Å². The molecule has 1 heterocycles. The maximum Gasteiger partial charge on any atom is 0.257 e. The van der Waals surface area contributed by atoms with E-state index in [0.717, 1.165) is 0 Å². The summed E-state index contributed by atoms with van der Waals surface area (Å²) in [4.78, 5) is 15.1. The second kappa shape index (κ2) is 6.89. The van der Waals surface area contributed by atoms with Gasteiger partial charge in [-0.05, 0) is 24.3 Å². The highest BCUT2D eigenvalue weighted by atomic mass is 35.5. The molecule has 2 rings (SSSR count). The first-order chi connectivity index (χ1) is 10.4. The molecule has 0 unspecified atom stereocenters. The highest BCUT2D eigenvalue weighted by Crippen LogP contribution is 2.20. The summed E-state index contributed by atoms with van der Waals surface area (Å²) in [6, 6.07) is 6.72. The van der Waals surface area contributed by atoms with Gasteiger partial charge in [0.1, 0.15) is 5.75 Å². The van der Waals surface area contributed by atoms with Crippen LogP contribution in [-0.2, 0) is 20.4 Å². The van der Waals surface area contributed by atoms with Crippen molar-refractivity contribution < 1.29 is 17.7 Å². The topological polar surface area (TPSA) is 102 Å². The molecule has 0 aliphatic heterocycles. The smallest absolute Gasteiger partial charge is 0.257 e. The second-order valence-electron chi connectivity index (χ2n) is 4.54. The molecular formula is C13H14ClN3O4S. The second-order valence-corrected chi connectivity index (χ2v) is 7.16. The molecule has 118 valence electrons. The zero-order valence-electron chi connectivity index (χ0n) is 11.7. The number of hydrogen-bond acceptors (Lipinski definition) is 6. The fraction of sp³-hybridized carbons (Fsp3) is 0.308. The van der Waals surface area contributed by atoms with E-state index in [1.165, 1.54) is 7.05 Å². The van der Waals surface area contributed by atoms with Gasteiger partial charge in [-0.3, -0.25) is 4.79 Å². The SMILES string of the molecule is CNC(=O)CCS(=O)(=O)Cc1noc(-c2ccc(Cl)cc2)n1. The quantitative estimate of drug-likeness (QED) is 0.851. The number of aromatic nitrogens is 2. The van der Waals surface area contributed by atoms with E-state index in [1.807, 2.05) is 0 Å². The predicted molar refractivity (Wildman–Crippen MR) is 80.9 cm³/mol. The summed E-state index contributed by atoms with van der Waals surface area (Å²) < 4.78 is 28.8. The van der Waals surface area contributed by atoms with E-state index in [9.17, 15) is 13.2 Å².